The Morgan fingerprint density at radius 2 is 2.13 bits per heavy atom. The molecular weight excluding hydrogens is 192 g/mol. The molecule has 1 heterocycles. The third kappa shape index (κ3) is 1.16. The molecular formula is C12H12O3. The van der Waals surface area contributed by atoms with Gasteiger partial charge in [0.25, 0.3) is 0 Å². The Bertz CT molecular complexity index is 432. The molecule has 3 nitrogen and oxygen atoms in total. The van der Waals surface area contributed by atoms with E-state index in [0.29, 0.717) is 17.7 Å². The van der Waals surface area contributed by atoms with Crippen LogP contribution in [0.5, 0.6) is 11.5 Å². The average Bonchev–Trinajstić information content (AvgIpc) is 2.14. The molecule has 0 aromatic heterocycles. The van der Waals surface area contributed by atoms with E-state index in [-0.39, 0.29) is 17.1 Å². The summed E-state index contributed by atoms with van der Waals surface area (Å²) in [7, 11) is 0. The lowest BCUT2D eigenvalue weighted by molar-refractivity contribution is -0.0180. The van der Waals surface area contributed by atoms with Gasteiger partial charge in [0.2, 0.25) is 0 Å². The predicted octanol–water partition coefficient (Wildman–Crippen LogP) is 2.28. The third-order valence-corrected chi connectivity index (χ3v) is 3.36. The standard InChI is InChI=1S/C12H12O3/c13-8-3-1-4-10-11(8)9(14)7-12(15-10)5-2-6-12/h1,3-4,13H,2,5-7H2. The number of Topliss-reactive ketones (excluding diaryl/α,β-unsaturated/α-hetero) is 1. The molecule has 1 spiro atoms. The van der Waals surface area contributed by atoms with E-state index in [4.69, 9.17) is 4.74 Å². The van der Waals surface area contributed by atoms with Gasteiger partial charge in [-0.1, -0.05) is 6.07 Å². The van der Waals surface area contributed by atoms with E-state index in [1.54, 1.807) is 12.1 Å². The van der Waals surface area contributed by atoms with Gasteiger partial charge in [-0.25, -0.2) is 0 Å². The smallest absolute Gasteiger partial charge is 0.174 e. The van der Waals surface area contributed by atoms with Gasteiger partial charge in [0.1, 0.15) is 22.7 Å². The zero-order valence-corrected chi connectivity index (χ0v) is 8.32. The van der Waals surface area contributed by atoms with E-state index < -0.39 is 0 Å². The number of rotatable bonds is 0. The van der Waals surface area contributed by atoms with Crippen LogP contribution < -0.4 is 4.74 Å². The highest BCUT2D eigenvalue weighted by molar-refractivity contribution is 6.02. The van der Waals surface area contributed by atoms with Crippen LogP contribution in [0.3, 0.4) is 0 Å². The first-order valence-corrected chi connectivity index (χ1v) is 5.24. The van der Waals surface area contributed by atoms with E-state index in [1.807, 2.05) is 0 Å². The molecule has 1 fully saturated rings. The van der Waals surface area contributed by atoms with Crippen LogP contribution in [0.25, 0.3) is 0 Å². The Hall–Kier alpha value is -1.51. The average molecular weight is 204 g/mol. The molecule has 2 aliphatic rings. The van der Waals surface area contributed by atoms with Gasteiger partial charge < -0.3 is 9.84 Å². The van der Waals surface area contributed by atoms with Crippen LogP contribution in [0.2, 0.25) is 0 Å². The lowest BCUT2D eigenvalue weighted by Gasteiger charge is -2.44. The van der Waals surface area contributed by atoms with Crippen molar-refractivity contribution >= 4 is 5.78 Å². The van der Waals surface area contributed by atoms with Gasteiger partial charge in [-0.3, -0.25) is 4.79 Å². The van der Waals surface area contributed by atoms with Crippen molar-refractivity contribution in [1.29, 1.82) is 0 Å². The molecule has 3 rings (SSSR count). The Kier molecular flexibility index (Phi) is 1.61. The number of phenolic OH excluding ortho intramolecular Hbond substituents is 1. The maximum atomic E-state index is 11.9. The van der Waals surface area contributed by atoms with E-state index in [2.05, 4.69) is 0 Å². The van der Waals surface area contributed by atoms with E-state index in [9.17, 15) is 9.90 Å². The Morgan fingerprint density at radius 1 is 1.33 bits per heavy atom. The second-order valence-corrected chi connectivity index (χ2v) is 4.39. The van der Waals surface area contributed by atoms with Crippen molar-refractivity contribution in [2.24, 2.45) is 0 Å². The molecule has 1 aliphatic carbocycles. The number of ether oxygens (including phenoxy) is 1. The van der Waals surface area contributed by atoms with Gasteiger partial charge in [-0.05, 0) is 31.4 Å². The lowest BCUT2D eigenvalue weighted by atomic mass is 9.74. The molecule has 78 valence electrons. The van der Waals surface area contributed by atoms with Crippen molar-refractivity contribution in [2.75, 3.05) is 0 Å². The van der Waals surface area contributed by atoms with Crippen LogP contribution in [0.15, 0.2) is 18.2 Å². The van der Waals surface area contributed by atoms with Crippen LogP contribution in [-0.4, -0.2) is 16.5 Å². The Labute approximate surface area is 87.7 Å². The summed E-state index contributed by atoms with van der Waals surface area (Å²) in [5.41, 5.74) is 0.104. The summed E-state index contributed by atoms with van der Waals surface area (Å²) in [4.78, 5) is 11.9. The highest BCUT2D eigenvalue weighted by Crippen LogP contribution is 2.46. The quantitative estimate of drug-likeness (QED) is 0.705. The Balaban J connectivity index is 2.08. The molecule has 0 radical (unpaired) electrons. The number of carbonyl (C=O) groups excluding carboxylic acids is 1. The molecule has 1 aromatic carbocycles. The fourth-order valence-corrected chi connectivity index (χ4v) is 2.39. The second kappa shape index (κ2) is 2.75. The maximum absolute atomic E-state index is 11.9. The molecule has 0 bridgehead atoms. The minimum absolute atomic E-state index is 0.00838. The molecule has 3 heteroatoms. The molecule has 1 N–H and O–H groups in total. The first-order valence-electron chi connectivity index (χ1n) is 5.24. The predicted molar refractivity (Wildman–Crippen MR) is 54.3 cm³/mol. The van der Waals surface area contributed by atoms with Crippen LogP contribution >= 0.6 is 0 Å². The number of aromatic hydroxyl groups is 1. The molecule has 0 amide bonds. The normalized spacial score (nSPS) is 21.7. The first-order chi connectivity index (χ1) is 7.20. The number of hydrogen-bond donors (Lipinski definition) is 1. The second-order valence-electron chi connectivity index (χ2n) is 4.39. The summed E-state index contributed by atoms with van der Waals surface area (Å²) >= 11 is 0. The molecule has 1 aromatic rings. The first kappa shape index (κ1) is 8.77. The highest BCUT2D eigenvalue weighted by Gasteiger charge is 2.45. The van der Waals surface area contributed by atoms with Crippen LogP contribution in [-0.2, 0) is 0 Å². The van der Waals surface area contributed by atoms with Crippen molar-refractivity contribution in [1.82, 2.24) is 0 Å². The molecule has 1 saturated carbocycles. The number of phenols is 1. The van der Waals surface area contributed by atoms with E-state index in [1.165, 1.54) is 6.07 Å². The monoisotopic (exact) mass is 204 g/mol. The van der Waals surface area contributed by atoms with Crippen molar-refractivity contribution in [3.8, 4) is 11.5 Å². The van der Waals surface area contributed by atoms with Gasteiger partial charge in [0.15, 0.2) is 5.78 Å². The van der Waals surface area contributed by atoms with Crippen LogP contribution in [0, 0.1) is 0 Å². The SMILES string of the molecule is O=C1CC2(CCC2)Oc2cccc(O)c21. The van der Waals surface area contributed by atoms with E-state index in [0.717, 1.165) is 19.3 Å². The summed E-state index contributed by atoms with van der Waals surface area (Å²) in [6.45, 7) is 0. The minimum Gasteiger partial charge on any atom is -0.507 e. The molecule has 0 atom stereocenters. The summed E-state index contributed by atoms with van der Waals surface area (Å²) in [5, 5.41) is 9.59. The summed E-state index contributed by atoms with van der Waals surface area (Å²) in [6, 6.07) is 4.99. The number of ketones is 1. The fourth-order valence-electron chi connectivity index (χ4n) is 2.39. The number of hydrogen-bond acceptors (Lipinski definition) is 3. The molecule has 0 unspecified atom stereocenters. The Morgan fingerprint density at radius 3 is 2.80 bits per heavy atom. The zero-order chi connectivity index (χ0) is 10.5. The fraction of sp³-hybridized carbons (Fsp3) is 0.417. The summed E-state index contributed by atoms with van der Waals surface area (Å²) < 4.78 is 5.83. The third-order valence-electron chi connectivity index (χ3n) is 3.36. The number of benzene rings is 1. The van der Waals surface area contributed by atoms with E-state index >= 15 is 0 Å². The summed E-state index contributed by atoms with van der Waals surface area (Å²) in [5.74, 6) is 0.590. The van der Waals surface area contributed by atoms with Crippen molar-refractivity contribution < 1.29 is 14.6 Å². The van der Waals surface area contributed by atoms with Gasteiger partial charge in [-0.15, -0.1) is 0 Å². The van der Waals surface area contributed by atoms with Crippen LogP contribution in [0.1, 0.15) is 36.0 Å². The minimum atomic E-state index is -0.252. The molecule has 0 saturated heterocycles. The number of carbonyl (C=O) groups is 1. The lowest BCUT2D eigenvalue weighted by Crippen LogP contribution is -2.47. The largest absolute Gasteiger partial charge is 0.507 e. The van der Waals surface area contributed by atoms with Crippen LogP contribution in [0.4, 0.5) is 0 Å². The highest BCUT2D eigenvalue weighted by atomic mass is 16.5. The van der Waals surface area contributed by atoms with Crippen molar-refractivity contribution in [3.63, 3.8) is 0 Å². The van der Waals surface area contributed by atoms with Gasteiger partial charge in [0, 0.05) is 0 Å². The summed E-state index contributed by atoms with van der Waals surface area (Å²) in [6.07, 6.45) is 3.45. The van der Waals surface area contributed by atoms with Crippen molar-refractivity contribution in [3.05, 3.63) is 23.8 Å². The van der Waals surface area contributed by atoms with Gasteiger partial charge in [-0.2, -0.15) is 0 Å². The zero-order valence-electron chi connectivity index (χ0n) is 8.32. The van der Waals surface area contributed by atoms with Gasteiger partial charge >= 0.3 is 0 Å². The van der Waals surface area contributed by atoms with Gasteiger partial charge in [0.05, 0.1) is 6.42 Å². The molecule has 1 aliphatic heterocycles. The topological polar surface area (TPSA) is 46.5 Å². The van der Waals surface area contributed by atoms with Crippen molar-refractivity contribution in [2.45, 2.75) is 31.3 Å². The number of fused-ring (bicyclic) bond motifs is 1. The molecule has 15 heavy (non-hydrogen) atoms. The maximum Gasteiger partial charge on any atom is 0.174 e.